The van der Waals surface area contributed by atoms with E-state index in [1.54, 1.807) is 36.4 Å². The van der Waals surface area contributed by atoms with Gasteiger partial charge in [-0.1, -0.05) is 248 Å². The van der Waals surface area contributed by atoms with E-state index in [0.29, 0.717) is 17.5 Å². The highest BCUT2D eigenvalue weighted by Gasteiger charge is 2.53. The van der Waals surface area contributed by atoms with E-state index in [9.17, 15) is 14.7 Å². The standard InChI is InChI=1S/C37H47IO5Si.C37H48O6Si/c2*1-27(28(2)43-44(36(3,4)5,30-19-13-9-14-20-30)31-21-15-10-16-22-31)23-24-32(40-35(39)29-17-11-8-12-18-29)34-33(25-26-38)41-37(6,7)42-34/h8-24,27-28,32-34H,25-26H2,1-7H3;8-24,27-28,32-34,38H,25-26H2,1-7H3/b2*24-23-/t2*27-,28+,32?,33?,34?/m11/s1. The van der Waals surface area contributed by atoms with Gasteiger partial charge in [-0.3, -0.25) is 0 Å². The fourth-order valence-electron chi connectivity index (χ4n) is 12.0. The van der Waals surface area contributed by atoms with Gasteiger partial charge in [-0.25, -0.2) is 9.59 Å². The molecule has 0 spiro atoms. The third-order valence-corrected chi connectivity index (χ3v) is 27.5. The molecule has 6 aromatic rings. The Morgan fingerprint density at radius 1 is 0.477 bits per heavy atom. The highest BCUT2D eigenvalue weighted by Crippen LogP contribution is 2.41. The van der Waals surface area contributed by atoms with Crippen molar-refractivity contribution < 1.29 is 52.0 Å². The Morgan fingerprint density at radius 3 is 1.03 bits per heavy atom. The lowest BCUT2D eigenvalue weighted by atomic mass is 10.0. The zero-order valence-electron chi connectivity index (χ0n) is 54.1. The Hall–Kier alpha value is -5.38. The van der Waals surface area contributed by atoms with Crippen LogP contribution in [0.15, 0.2) is 206 Å². The van der Waals surface area contributed by atoms with Gasteiger partial charge in [-0.15, -0.1) is 0 Å². The summed E-state index contributed by atoms with van der Waals surface area (Å²) in [5.74, 6) is -2.47. The van der Waals surface area contributed by atoms with Crippen LogP contribution in [0.4, 0.5) is 0 Å². The van der Waals surface area contributed by atoms with Gasteiger partial charge in [0.05, 0.1) is 23.3 Å². The van der Waals surface area contributed by atoms with Crippen molar-refractivity contribution in [2.45, 2.75) is 180 Å². The second-order valence-electron chi connectivity index (χ2n) is 26.2. The Labute approximate surface area is 540 Å². The van der Waals surface area contributed by atoms with E-state index in [1.807, 2.05) is 76.2 Å². The van der Waals surface area contributed by atoms with Crippen molar-refractivity contribution in [3.8, 4) is 0 Å². The van der Waals surface area contributed by atoms with Gasteiger partial charge in [-0.2, -0.15) is 0 Å². The number of aliphatic hydroxyl groups excluding tert-OH is 1. The number of halogens is 1. The third-order valence-electron chi connectivity index (χ3n) is 16.7. The lowest BCUT2D eigenvalue weighted by Crippen LogP contribution is -2.67. The Bertz CT molecular complexity index is 2840. The molecule has 0 amide bonds. The first-order valence-electron chi connectivity index (χ1n) is 31.1. The van der Waals surface area contributed by atoms with Crippen molar-refractivity contribution in [2.75, 3.05) is 11.0 Å². The van der Waals surface area contributed by atoms with E-state index >= 15 is 0 Å². The van der Waals surface area contributed by atoms with E-state index in [0.717, 1.165) is 10.8 Å². The summed E-state index contributed by atoms with van der Waals surface area (Å²) in [6.07, 6.45) is 5.93. The van der Waals surface area contributed by atoms with Crippen LogP contribution in [0.2, 0.25) is 10.1 Å². The van der Waals surface area contributed by atoms with Crippen molar-refractivity contribution in [3.05, 3.63) is 217 Å². The first-order chi connectivity index (χ1) is 41.8. The molecule has 88 heavy (non-hydrogen) atoms. The number of carbonyl (C=O) groups is 2. The normalized spacial score (nSPS) is 20.7. The molecule has 2 saturated heterocycles. The third kappa shape index (κ3) is 17.6. The first-order valence-corrected chi connectivity index (χ1v) is 36.4. The van der Waals surface area contributed by atoms with Crippen LogP contribution in [0.5, 0.6) is 0 Å². The van der Waals surface area contributed by atoms with Gasteiger partial charge in [0.15, 0.2) is 11.6 Å². The molecule has 6 aromatic carbocycles. The van der Waals surface area contributed by atoms with Gasteiger partial charge in [0.1, 0.15) is 24.4 Å². The van der Waals surface area contributed by atoms with E-state index in [4.69, 9.17) is 37.3 Å². The molecule has 14 heteroatoms. The summed E-state index contributed by atoms with van der Waals surface area (Å²) in [5, 5.41) is 14.4. The largest absolute Gasteiger partial charge is 0.452 e. The number of hydrogen-bond donors (Lipinski definition) is 1. The monoisotopic (exact) mass is 1340 g/mol. The van der Waals surface area contributed by atoms with Gasteiger partial charge in [0.2, 0.25) is 0 Å². The van der Waals surface area contributed by atoms with Crippen LogP contribution in [-0.2, 0) is 37.3 Å². The maximum Gasteiger partial charge on any atom is 0.338 e. The molecule has 0 bridgehead atoms. The van der Waals surface area contributed by atoms with Crippen molar-refractivity contribution in [3.63, 3.8) is 0 Å². The van der Waals surface area contributed by atoms with E-state index in [1.165, 1.54) is 20.7 Å². The van der Waals surface area contributed by atoms with Crippen LogP contribution in [0.25, 0.3) is 0 Å². The minimum Gasteiger partial charge on any atom is -0.452 e. The molecule has 0 aliphatic carbocycles. The van der Waals surface area contributed by atoms with E-state index in [2.05, 4.69) is 213 Å². The molecule has 472 valence electrons. The Balaban J connectivity index is 0.000000251. The number of esters is 2. The first kappa shape index (κ1) is 70.1. The van der Waals surface area contributed by atoms with E-state index in [-0.39, 0.29) is 52.8 Å². The molecule has 10 atom stereocenters. The maximum absolute atomic E-state index is 13.3. The molecular formula is C74H95IO11Si2. The molecule has 0 radical (unpaired) electrons. The molecule has 0 aromatic heterocycles. The maximum atomic E-state index is 13.3. The number of rotatable bonds is 24. The minimum absolute atomic E-state index is 0.0212. The van der Waals surface area contributed by atoms with Crippen LogP contribution in [0.3, 0.4) is 0 Å². The van der Waals surface area contributed by atoms with Crippen molar-refractivity contribution >= 4 is 71.9 Å². The van der Waals surface area contributed by atoms with Gasteiger partial charge < -0.3 is 42.4 Å². The molecule has 0 saturated carbocycles. The van der Waals surface area contributed by atoms with Gasteiger partial charge in [0, 0.05) is 23.2 Å². The smallest absolute Gasteiger partial charge is 0.338 e. The average Bonchev–Trinajstić information content (AvgIpc) is 1.19. The molecular weight excluding hydrogens is 1250 g/mol. The predicted octanol–water partition coefficient (Wildman–Crippen LogP) is 14.0. The summed E-state index contributed by atoms with van der Waals surface area (Å²) >= 11 is 2.35. The highest BCUT2D eigenvalue weighted by molar-refractivity contribution is 14.1. The molecule has 2 heterocycles. The summed E-state index contributed by atoms with van der Waals surface area (Å²) in [7, 11) is -5.49. The number of hydrogen-bond acceptors (Lipinski definition) is 11. The van der Waals surface area contributed by atoms with Crippen molar-refractivity contribution in [2.24, 2.45) is 11.8 Å². The zero-order chi connectivity index (χ0) is 63.9. The fraction of sp³-hybridized carbons (Fsp3) is 0.432. The van der Waals surface area contributed by atoms with E-state index < -0.39 is 64.7 Å². The quantitative estimate of drug-likeness (QED) is 0.0204. The van der Waals surface area contributed by atoms with Crippen LogP contribution in [0, 0.1) is 11.8 Å². The SMILES string of the molecule is C[C@H](/C=C\C(OC(=O)c1ccccc1)C1OC(C)(C)OC1CCI)[C@H](C)O[Si](c1ccccc1)(c1ccccc1)C(C)(C)C.C[C@H](/C=C\C(OC(=O)c1ccccc1)C1OC(C)(C)OC1CCO)[C@H](C)O[Si](c1ccccc1)(c1ccccc1)C(C)(C)C. The molecule has 8 rings (SSSR count). The second kappa shape index (κ2) is 31.1. The second-order valence-corrected chi connectivity index (χ2v) is 35.8. The molecule has 6 unspecified atom stereocenters. The van der Waals surface area contributed by atoms with Crippen LogP contribution < -0.4 is 20.7 Å². The molecule has 2 aliphatic rings. The molecule has 11 nitrogen and oxygen atoms in total. The number of benzene rings is 6. The zero-order valence-corrected chi connectivity index (χ0v) is 58.3. The van der Waals surface area contributed by atoms with Gasteiger partial charge in [0.25, 0.3) is 16.6 Å². The topological polar surface area (TPSA) is 128 Å². The molecule has 2 aliphatic heterocycles. The summed E-state index contributed by atoms with van der Waals surface area (Å²) in [5.41, 5.74) is 0.963. The fourth-order valence-corrected chi connectivity index (χ4v) is 22.2. The number of aliphatic hydroxyl groups is 1. The number of ether oxygens (including phenoxy) is 6. The number of carbonyl (C=O) groups excluding carboxylic acids is 2. The lowest BCUT2D eigenvalue weighted by Gasteiger charge is -2.45. The summed E-state index contributed by atoms with van der Waals surface area (Å²) in [6, 6.07) is 60.6. The van der Waals surface area contributed by atoms with Crippen LogP contribution in [-0.4, -0.2) is 105 Å². The van der Waals surface area contributed by atoms with Crippen molar-refractivity contribution in [1.29, 1.82) is 0 Å². The van der Waals surface area contributed by atoms with Crippen molar-refractivity contribution in [1.82, 2.24) is 0 Å². The Morgan fingerprint density at radius 2 is 0.761 bits per heavy atom. The predicted molar refractivity (Wildman–Crippen MR) is 367 cm³/mol. The number of alkyl halides is 1. The van der Waals surface area contributed by atoms with Crippen LogP contribution in [0.1, 0.15) is 130 Å². The summed E-state index contributed by atoms with van der Waals surface area (Å²) in [4.78, 5) is 26.5. The summed E-state index contributed by atoms with van der Waals surface area (Å²) in [6.45, 7) is 29.7. The molecule has 1 N–H and O–H groups in total. The average molecular weight is 1340 g/mol. The van der Waals surface area contributed by atoms with Gasteiger partial charge >= 0.3 is 11.9 Å². The highest BCUT2D eigenvalue weighted by atomic mass is 127. The minimum atomic E-state index is -2.76. The van der Waals surface area contributed by atoms with Crippen LogP contribution >= 0.6 is 22.6 Å². The summed E-state index contributed by atoms with van der Waals surface area (Å²) < 4.78 is 52.8. The lowest BCUT2D eigenvalue weighted by molar-refractivity contribution is -0.153. The Kier molecular flexibility index (Phi) is 24.8. The van der Waals surface area contributed by atoms with Gasteiger partial charge in [-0.05, 0) is 133 Å². The molecule has 2 fully saturated rings.